The van der Waals surface area contributed by atoms with Gasteiger partial charge in [-0.1, -0.05) is 18.2 Å². The summed E-state index contributed by atoms with van der Waals surface area (Å²) < 4.78 is 10.9. The standard InChI is InChI=1S/C22H28N2O9/c1-3-4-10-32-22(21(30)31)11-15(26)17(24-13(2)25)19(33-22)18(28)16(27)12-23-20(29)14-8-6-5-7-9-14/h1,5-9,15-19,26-28H,4,10-12H2,2H3,(H,23,29)(H,24,25)(H,30,31)/t15-,16+,17+,18+,19?,22+/m0/s1. The highest BCUT2D eigenvalue weighted by molar-refractivity contribution is 5.94. The predicted molar refractivity (Wildman–Crippen MR) is 114 cm³/mol. The normalized spacial score (nSPS) is 26.5. The van der Waals surface area contributed by atoms with Gasteiger partial charge in [0.05, 0.1) is 24.9 Å². The Morgan fingerprint density at radius 1 is 1.30 bits per heavy atom. The van der Waals surface area contributed by atoms with Gasteiger partial charge in [-0.25, -0.2) is 4.79 Å². The van der Waals surface area contributed by atoms with Crippen LogP contribution in [-0.4, -0.2) is 87.6 Å². The summed E-state index contributed by atoms with van der Waals surface area (Å²) in [4.78, 5) is 35.8. The molecular formula is C22H28N2O9. The second-order valence-corrected chi connectivity index (χ2v) is 7.57. The molecule has 1 saturated heterocycles. The molecule has 11 nitrogen and oxygen atoms in total. The molecule has 11 heteroatoms. The minimum absolute atomic E-state index is 0.0605. The molecule has 0 bridgehead atoms. The Morgan fingerprint density at radius 3 is 2.55 bits per heavy atom. The molecular weight excluding hydrogens is 436 g/mol. The highest BCUT2D eigenvalue weighted by Crippen LogP contribution is 2.33. The van der Waals surface area contributed by atoms with Gasteiger partial charge in [0.25, 0.3) is 11.7 Å². The van der Waals surface area contributed by atoms with Crippen molar-refractivity contribution in [2.75, 3.05) is 13.2 Å². The number of carbonyl (C=O) groups excluding carboxylic acids is 2. The van der Waals surface area contributed by atoms with E-state index in [9.17, 15) is 34.8 Å². The lowest BCUT2D eigenvalue weighted by atomic mass is 9.88. The number of hydrogen-bond donors (Lipinski definition) is 6. The molecule has 1 unspecified atom stereocenters. The van der Waals surface area contributed by atoms with Gasteiger partial charge in [0.2, 0.25) is 5.91 Å². The first kappa shape index (κ1) is 26.2. The number of hydrogen-bond acceptors (Lipinski definition) is 8. The predicted octanol–water partition coefficient (Wildman–Crippen LogP) is -1.39. The van der Waals surface area contributed by atoms with Crippen molar-refractivity contribution >= 4 is 17.8 Å². The molecule has 0 aromatic heterocycles. The number of aliphatic hydroxyl groups is 3. The summed E-state index contributed by atoms with van der Waals surface area (Å²) in [5.41, 5.74) is 0.325. The Morgan fingerprint density at radius 2 is 1.97 bits per heavy atom. The maximum absolute atomic E-state index is 12.2. The fraction of sp³-hybridized carbons (Fsp3) is 0.500. The number of nitrogens with one attached hydrogen (secondary N) is 2. The van der Waals surface area contributed by atoms with Crippen molar-refractivity contribution in [3.05, 3.63) is 35.9 Å². The van der Waals surface area contributed by atoms with Crippen LogP contribution in [0.2, 0.25) is 0 Å². The van der Waals surface area contributed by atoms with E-state index in [0.717, 1.165) is 6.92 Å². The van der Waals surface area contributed by atoms with E-state index in [-0.39, 0.29) is 13.0 Å². The average molecular weight is 464 g/mol. The van der Waals surface area contributed by atoms with Crippen LogP contribution in [-0.2, 0) is 19.1 Å². The van der Waals surface area contributed by atoms with E-state index in [1.807, 2.05) is 0 Å². The van der Waals surface area contributed by atoms with Crippen molar-refractivity contribution < 1.29 is 44.3 Å². The van der Waals surface area contributed by atoms with Gasteiger partial charge in [-0.15, -0.1) is 12.3 Å². The van der Waals surface area contributed by atoms with Crippen molar-refractivity contribution in [1.82, 2.24) is 10.6 Å². The summed E-state index contributed by atoms with van der Waals surface area (Å²) in [7, 11) is 0. The number of carbonyl (C=O) groups is 3. The Hall–Kier alpha value is -3.01. The van der Waals surface area contributed by atoms with E-state index in [0.29, 0.717) is 5.56 Å². The lowest BCUT2D eigenvalue weighted by Gasteiger charge is -2.46. The van der Waals surface area contributed by atoms with Gasteiger partial charge in [0, 0.05) is 31.9 Å². The Balaban J connectivity index is 2.20. The molecule has 1 aromatic carbocycles. The highest BCUT2D eigenvalue weighted by Gasteiger charge is 2.55. The van der Waals surface area contributed by atoms with Crippen LogP contribution in [0, 0.1) is 12.3 Å². The number of terminal acetylenes is 1. The number of amides is 2. The van der Waals surface area contributed by atoms with Crippen LogP contribution in [0.1, 0.15) is 30.1 Å². The van der Waals surface area contributed by atoms with Crippen LogP contribution >= 0.6 is 0 Å². The Labute approximate surface area is 190 Å². The van der Waals surface area contributed by atoms with Crippen molar-refractivity contribution in [1.29, 1.82) is 0 Å². The number of aliphatic carboxylic acids is 1. The lowest BCUT2D eigenvalue weighted by Crippen LogP contribution is -2.68. The van der Waals surface area contributed by atoms with Gasteiger partial charge in [0.15, 0.2) is 0 Å². The third-order valence-electron chi connectivity index (χ3n) is 5.09. The zero-order valence-corrected chi connectivity index (χ0v) is 18.0. The zero-order valence-electron chi connectivity index (χ0n) is 18.0. The summed E-state index contributed by atoms with van der Waals surface area (Å²) in [6.07, 6.45) is -1.90. The van der Waals surface area contributed by atoms with Crippen LogP contribution in [0.5, 0.6) is 0 Å². The van der Waals surface area contributed by atoms with E-state index in [1.165, 1.54) is 0 Å². The first-order valence-electron chi connectivity index (χ1n) is 10.2. The summed E-state index contributed by atoms with van der Waals surface area (Å²) >= 11 is 0. The molecule has 6 atom stereocenters. The number of rotatable bonds is 10. The van der Waals surface area contributed by atoms with Gasteiger partial charge in [-0.05, 0) is 12.1 Å². The fourth-order valence-electron chi connectivity index (χ4n) is 3.45. The van der Waals surface area contributed by atoms with Crippen LogP contribution in [0.25, 0.3) is 0 Å². The van der Waals surface area contributed by atoms with Crippen molar-refractivity contribution in [3.8, 4) is 12.3 Å². The first-order valence-corrected chi connectivity index (χ1v) is 10.2. The fourth-order valence-corrected chi connectivity index (χ4v) is 3.45. The number of carboxylic acids is 1. The molecule has 1 aliphatic heterocycles. The van der Waals surface area contributed by atoms with Gasteiger partial charge in [0.1, 0.15) is 12.2 Å². The quantitative estimate of drug-likeness (QED) is 0.180. The van der Waals surface area contributed by atoms with Gasteiger partial charge in [-0.3, -0.25) is 9.59 Å². The number of carboxylic acid groups (broad SMARTS) is 1. The summed E-state index contributed by atoms with van der Waals surface area (Å²) in [6, 6.07) is 6.88. The van der Waals surface area contributed by atoms with Crippen molar-refractivity contribution in [2.45, 2.75) is 56.0 Å². The second kappa shape index (κ2) is 11.7. The number of benzene rings is 1. The summed E-state index contributed by atoms with van der Waals surface area (Å²) in [5, 5.41) is 46.4. The molecule has 1 fully saturated rings. The summed E-state index contributed by atoms with van der Waals surface area (Å²) in [5.74, 6) is -2.76. The number of ether oxygens (including phenoxy) is 2. The Kier molecular flexibility index (Phi) is 9.33. The molecule has 0 saturated carbocycles. The maximum Gasteiger partial charge on any atom is 0.364 e. The molecule has 2 amide bonds. The molecule has 0 spiro atoms. The molecule has 33 heavy (non-hydrogen) atoms. The monoisotopic (exact) mass is 464 g/mol. The van der Waals surface area contributed by atoms with E-state index in [4.69, 9.17) is 15.9 Å². The van der Waals surface area contributed by atoms with Crippen molar-refractivity contribution in [2.24, 2.45) is 0 Å². The largest absolute Gasteiger partial charge is 0.477 e. The molecule has 1 aliphatic rings. The average Bonchev–Trinajstić information content (AvgIpc) is 2.78. The molecule has 1 heterocycles. The molecule has 0 radical (unpaired) electrons. The molecule has 2 rings (SSSR count). The highest BCUT2D eigenvalue weighted by atomic mass is 16.7. The van der Waals surface area contributed by atoms with Crippen LogP contribution in [0.4, 0.5) is 0 Å². The third-order valence-corrected chi connectivity index (χ3v) is 5.09. The van der Waals surface area contributed by atoms with E-state index in [2.05, 4.69) is 16.6 Å². The van der Waals surface area contributed by atoms with Crippen LogP contribution < -0.4 is 10.6 Å². The molecule has 6 N–H and O–H groups in total. The smallest absolute Gasteiger partial charge is 0.364 e. The van der Waals surface area contributed by atoms with Gasteiger partial charge >= 0.3 is 5.97 Å². The van der Waals surface area contributed by atoms with E-state index < -0.39 is 67.0 Å². The van der Waals surface area contributed by atoms with Gasteiger partial charge in [-0.2, -0.15) is 0 Å². The molecule has 180 valence electrons. The van der Waals surface area contributed by atoms with Gasteiger partial charge < -0.3 is 40.5 Å². The number of aliphatic hydroxyl groups excluding tert-OH is 3. The zero-order chi connectivity index (χ0) is 24.6. The van der Waals surface area contributed by atoms with E-state index >= 15 is 0 Å². The van der Waals surface area contributed by atoms with Crippen LogP contribution in [0.15, 0.2) is 30.3 Å². The topological polar surface area (TPSA) is 175 Å². The minimum atomic E-state index is -2.37. The summed E-state index contributed by atoms with van der Waals surface area (Å²) in [6.45, 7) is 0.531. The Bertz CT molecular complexity index is 872. The second-order valence-electron chi connectivity index (χ2n) is 7.57. The first-order chi connectivity index (χ1) is 15.6. The SMILES string of the molecule is C#CCCO[C@]1(C(=O)O)C[C@H](O)[C@@H](NC(C)=O)C([C@H](O)[C@H](O)CNC(=O)c2ccccc2)O1. The van der Waals surface area contributed by atoms with Crippen LogP contribution in [0.3, 0.4) is 0 Å². The third kappa shape index (κ3) is 6.74. The minimum Gasteiger partial charge on any atom is -0.477 e. The molecule has 1 aromatic rings. The molecule has 0 aliphatic carbocycles. The maximum atomic E-state index is 12.2. The van der Waals surface area contributed by atoms with E-state index in [1.54, 1.807) is 30.3 Å². The lowest BCUT2D eigenvalue weighted by molar-refractivity contribution is -0.310. The van der Waals surface area contributed by atoms with Crippen molar-refractivity contribution in [3.63, 3.8) is 0 Å².